The molecule has 0 aliphatic carbocycles. The maximum absolute atomic E-state index is 12.9. The molecule has 31 heavy (non-hydrogen) atoms. The minimum absolute atomic E-state index is 0.0887. The zero-order valence-corrected chi connectivity index (χ0v) is 18.8. The van der Waals surface area contributed by atoms with Crippen molar-refractivity contribution in [3.8, 4) is 0 Å². The van der Waals surface area contributed by atoms with E-state index in [-0.39, 0.29) is 36.4 Å². The van der Waals surface area contributed by atoms with Gasteiger partial charge in [-0.15, -0.1) is 0 Å². The van der Waals surface area contributed by atoms with Gasteiger partial charge >= 0.3 is 11.9 Å². The van der Waals surface area contributed by atoms with E-state index in [4.69, 9.17) is 9.47 Å². The fourth-order valence-electron chi connectivity index (χ4n) is 3.71. The molecule has 1 saturated heterocycles. The van der Waals surface area contributed by atoms with Crippen molar-refractivity contribution in [2.24, 2.45) is 5.92 Å². The molecule has 1 aliphatic heterocycles. The van der Waals surface area contributed by atoms with Crippen molar-refractivity contribution in [1.29, 1.82) is 0 Å². The number of pyridine rings is 1. The van der Waals surface area contributed by atoms with Crippen LogP contribution in [-0.4, -0.2) is 64.3 Å². The Morgan fingerprint density at radius 3 is 2.42 bits per heavy atom. The molecule has 0 radical (unpaired) electrons. The molecule has 0 saturated carbocycles. The minimum Gasteiger partial charge on any atom is -0.469 e. The first-order valence-electron chi connectivity index (χ1n) is 10.6. The molecule has 0 unspecified atom stereocenters. The van der Waals surface area contributed by atoms with Gasteiger partial charge in [0.2, 0.25) is 0 Å². The van der Waals surface area contributed by atoms with Crippen molar-refractivity contribution in [3.63, 3.8) is 0 Å². The average Bonchev–Trinajstić information content (AvgIpc) is 3.20. The number of hydrogen-bond acceptors (Lipinski definition) is 7. The summed E-state index contributed by atoms with van der Waals surface area (Å²) >= 11 is 0. The Kier molecular flexibility index (Phi) is 6.92. The fourth-order valence-corrected chi connectivity index (χ4v) is 3.71. The molecule has 3 heterocycles. The largest absolute Gasteiger partial charge is 0.469 e. The number of esters is 2. The standard InChI is InChI=1S/C22H30N4O5/c1-13(2)18-10-16(17-11-23-26(14(3)4)20(17)24-18)22(29)31-12-19(27)25-8-6-15(7-9-25)21(28)30-5/h10-11,13-15H,6-9,12H2,1-5H3. The second-order valence-corrected chi connectivity index (χ2v) is 8.42. The fraction of sp³-hybridized carbons (Fsp3) is 0.591. The highest BCUT2D eigenvalue weighted by atomic mass is 16.5. The van der Waals surface area contributed by atoms with Crippen LogP contribution in [0.5, 0.6) is 0 Å². The molecule has 0 aromatic carbocycles. The summed E-state index contributed by atoms with van der Waals surface area (Å²) in [6.45, 7) is 8.53. The van der Waals surface area contributed by atoms with Gasteiger partial charge in [0.15, 0.2) is 12.3 Å². The molecule has 168 valence electrons. The van der Waals surface area contributed by atoms with Crippen LogP contribution in [0.25, 0.3) is 11.0 Å². The molecule has 0 N–H and O–H groups in total. The lowest BCUT2D eigenvalue weighted by atomic mass is 9.97. The number of likely N-dealkylation sites (tertiary alicyclic amines) is 1. The molecule has 3 rings (SSSR count). The minimum atomic E-state index is -0.574. The van der Waals surface area contributed by atoms with E-state index in [1.807, 2.05) is 27.7 Å². The van der Waals surface area contributed by atoms with Gasteiger partial charge in [-0.1, -0.05) is 13.8 Å². The molecule has 0 bridgehead atoms. The molecule has 1 amide bonds. The number of aromatic nitrogens is 3. The summed E-state index contributed by atoms with van der Waals surface area (Å²) in [5, 5.41) is 4.97. The van der Waals surface area contributed by atoms with Gasteiger partial charge in [0.05, 0.1) is 30.2 Å². The quantitative estimate of drug-likeness (QED) is 0.649. The number of ether oxygens (including phenoxy) is 2. The molecular formula is C22H30N4O5. The molecule has 9 nitrogen and oxygen atoms in total. The molecular weight excluding hydrogens is 400 g/mol. The predicted octanol–water partition coefficient (Wildman–Crippen LogP) is 2.70. The monoisotopic (exact) mass is 430 g/mol. The first-order valence-corrected chi connectivity index (χ1v) is 10.6. The van der Waals surface area contributed by atoms with E-state index in [1.54, 1.807) is 21.8 Å². The molecule has 0 spiro atoms. The number of rotatable bonds is 6. The van der Waals surface area contributed by atoms with Crippen molar-refractivity contribution in [3.05, 3.63) is 23.5 Å². The van der Waals surface area contributed by atoms with E-state index in [2.05, 4.69) is 10.1 Å². The van der Waals surface area contributed by atoms with Gasteiger partial charge < -0.3 is 14.4 Å². The molecule has 1 fully saturated rings. The Morgan fingerprint density at radius 2 is 1.84 bits per heavy atom. The van der Waals surface area contributed by atoms with Crippen molar-refractivity contribution >= 4 is 28.9 Å². The first-order chi connectivity index (χ1) is 14.7. The summed E-state index contributed by atoms with van der Waals surface area (Å²) in [6.07, 6.45) is 2.70. The lowest BCUT2D eigenvalue weighted by molar-refractivity contribution is -0.149. The Hall–Kier alpha value is -2.97. The molecule has 2 aromatic heterocycles. The summed E-state index contributed by atoms with van der Waals surface area (Å²) < 4.78 is 11.9. The van der Waals surface area contributed by atoms with Crippen LogP contribution in [0.4, 0.5) is 0 Å². The first kappa shape index (κ1) is 22.7. The van der Waals surface area contributed by atoms with E-state index >= 15 is 0 Å². The molecule has 2 aromatic rings. The van der Waals surface area contributed by atoms with Crippen molar-refractivity contribution in [2.45, 2.75) is 52.5 Å². The molecule has 9 heteroatoms. The zero-order valence-electron chi connectivity index (χ0n) is 18.8. The third-order valence-electron chi connectivity index (χ3n) is 5.60. The predicted molar refractivity (Wildman–Crippen MR) is 114 cm³/mol. The number of piperidine rings is 1. The Labute approximate surface area is 181 Å². The van der Waals surface area contributed by atoms with Crippen molar-refractivity contribution < 1.29 is 23.9 Å². The summed E-state index contributed by atoms with van der Waals surface area (Å²) in [5.74, 6) is -1.17. The van der Waals surface area contributed by atoms with Crippen LogP contribution < -0.4 is 0 Å². The van der Waals surface area contributed by atoms with Gasteiger partial charge in [0, 0.05) is 24.8 Å². The number of fused-ring (bicyclic) bond motifs is 1. The normalized spacial score (nSPS) is 15.0. The average molecular weight is 431 g/mol. The summed E-state index contributed by atoms with van der Waals surface area (Å²) in [7, 11) is 1.37. The number of carbonyl (C=O) groups is 3. The number of nitrogens with zero attached hydrogens (tertiary/aromatic N) is 4. The lowest BCUT2D eigenvalue weighted by Gasteiger charge is -2.30. The van der Waals surface area contributed by atoms with Crippen molar-refractivity contribution in [2.75, 3.05) is 26.8 Å². The maximum Gasteiger partial charge on any atom is 0.339 e. The number of hydrogen-bond donors (Lipinski definition) is 0. The van der Waals surface area contributed by atoms with Crippen LogP contribution in [0, 0.1) is 5.92 Å². The Balaban J connectivity index is 1.71. The van der Waals surface area contributed by atoms with E-state index in [0.717, 1.165) is 5.69 Å². The highest BCUT2D eigenvalue weighted by Gasteiger charge is 2.28. The van der Waals surface area contributed by atoms with Gasteiger partial charge in [0.25, 0.3) is 5.91 Å². The number of methoxy groups -OCH3 is 1. The highest BCUT2D eigenvalue weighted by molar-refractivity contribution is 6.03. The smallest absolute Gasteiger partial charge is 0.339 e. The topological polar surface area (TPSA) is 104 Å². The summed E-state index contributed by atoms with van der Waals surface area (Å²) in [5.41, 5.74) is 1.75. The Morgan fingerprint density at radius 1 is 1.16 bits per heavy atom. The van der Waals surface area contributed by atoms with E-state index in [1.165, 1.54) is 7.11 Å². The van der Waals surface area contributed by atoms with Crippen LogP contribution in [0.15, 0.2) is 12.3 Å². The van der Waals surface area contributed by atoms with Crippen LogP contribution in [-0.2, 0) is 19.1 Å². The number of amides is 1. The SMILES string of the molecule is COC(=O)C1CCN(C(=O)COC(=O)c2cc(C(C)C)nc3c2cnn3C(C)C)CC1. The second-order valence-electron chi connectivity index (χ2n) is 8.42. The highest BCUT2D eigenvalue weighted by Crippen LogP contribution is 2.25. The molecule has 1 aliphatic rings. The molecule has 0 atom stereocenters. The van der Waals surface area contributed by atoms with Crippen molar-refractivity contribution in [1.82, 2.24) is 19.7 Å². The summed E-state index contributed by atoms with van der Waals surface area (Å²) in [4.78, 5) is 43.3. The maximum atomic E-state index is 12.9. The van der Waals surface area contributed by atoms with E-state index in [9.17, 15) is 14.4 Å². The third-order valence-corrected chi connectivity index (χ3v) is 5.60. The zero-order chi connectivity index (χ0) is 22.7. The third kappa shape index (κ3) is 4.86. The number of carbonyl (C=O) groups excluding carboxylic acids is 3. The van der Waals surface area contributed by atoms with E-state index in [0.29, 0.717) is 42.5 Å². The van der Waals surface area contributed by atoms with Gasteiger partial charge in [-0.2, -0.15) is 5.10 Å². The van der Waals surface area contributed by atoms with Gasteiger partial charge in [-0.25, -0.2) is 14.5 Å². The Bertz CT molecular complexity index is 974. The van der Waals surface area contributed by atoms with Gasteiger partial charge in [-0.3, -0.25) is 9.59 Å². The van der Waals surface area contributed by atoms with Gasteiger partial charge in [0.1, 0.15) is 0 Å². The lowest BCUT2D eigenvalue weighted by Crippen LogP contribution is -2.42. The van der Waals surface area contributed by atoms with Crippen LogP contribution in [0.2, 0.25) is 0 Å². The summed E-state index contributed by atoms with van der Waals surface area (Å²) in [6, 6.07) is 1.80. The van der Waals surface area contributed by atoms with Crippen LogP contribution in [0.1, 0.15) is 68.5 Å². The van der Waals surface area contributed by atoms with E-state index < -0.39 is 5.97 Å². The van der Waals surface area contributed by atoms with Gasteiger partial charge in [-0.05, 0) is 38.7 Å². The van der Waals surface area contributed by atoms with Crippen LogP contribution >= 0.6 is 0 Å². The second kappa shape index (κ2) is 9.45. The van der Waals surface area contributed by atoms with Crippen LogP contribution in [0.3, 0.4) is 0 Å².